The number of benzene rings is 1. The van der Waals surface area contributed by atoms with E-state index < -0.39 is 11.8 Å². The lowest BCUT2D eigenvalue weighted by atomic mass is 9.98. The van der Waals surface area contributed by atoms with Gasteiger partial charge in [0.05, 0.1) is 6.04 Å². The Morgan fingerprint density at radius 2 is 2.17 bits per heavy atom. The van der Waals surface area contributed by atoms with Crippen LogP contribution in [0.5, 0.6) is 0 Å². The number of halogens is 1. The summed E-state index contributed by atoms with van der Waals surface area (Å²) in [5.74, 6) is -1.57. The first-order valence-electron chi connectivity index (χ1n) is 7.70. The zero-order valence-corrected chi connectivity index (χ0v) is 13.8. The second-order valence-electron chi connectivity index (χ2n) is 6.04. The van der Waals surface area contributed by atoms with Crippen molar-refractivity contribution >= 4 is 29.3 Å². The van der Waals surface area contributed by atoms with Crippen LogP contribution in [0.15, 0.2) is 18.2 Å². The summed E-state index contributed by atoms with van der Waals surface area (Å²) < 4.78 is 13.4. The summed E-state index contributed by atoms with van der Waals surface area (Å²) in [6, 6.07) is 4.14. The molecule has 0 bridgehead atoms. The van der Waals surface area contributed by atoms with E-state index in [9.17, 15) is 14.0 Å². The van der Waals surface area contributed by atoms with E-state index >= 15 is 0 Å². The molecule has 1 saturated carbocycles. The van der Waals surface area contributed by atoms with Crippen LogP contribution >= 0.6 is 11.8 Å². The van der Waals surface area contributed by atoms with Gasteiger partial charge < -0.3 is 16.0 Å². The van der Waals surface area contributed by atoms with Crippen LogP contribution in [0.4, 0.5) is 10.1 Å². The van der Waals surface area contributed by atoms with Gasteiger partial charge in [-0.25, -0.2) is 4.39 Å². The molecule has 1 unspecified atom stereocenters. The zero-order valence-electron chi connectivity index (χ0n) is 12.9. The van der Waals surface area contributed by atoms with Gasteiger partial charge in [0.15, 0.2) is 0 Å². The van der Waals surface area contributed by atoms with Crippen LogP contribution in [0.1, 0.15) is 30.9 Å². The van der Waals surface area contributed by atoms with Crippen LogP contribution in [0, 0.1) is 5.82 Å². The Morgan fingerprint density at radius 3 is 2.87 bits per heavy atom. The normalized spacial score (nSPS) is 20.9. The van der Waals surface area contributed by atoms with Gasteiger partial charge in [-0.05, 0) is 43.2 Å². The van der Waals surface area contributed by atoms with Gasteiger partial charge in [-0.15, -0.1) is 0 Å². The number of amides is 2. The molecule has 0 radical (unpaired) electrons. The van der Waals surface area contributed by atoms with Gasteiger partial charge in [0.25, 0.3) is 0 Å². The Balaban J connectivity index is 1.59. The lowest BCUT2D eigenvalue weighted by Crippen LogP contribution is -2.44. The fraction of sp³-hybridized carbons (Fsp3) is 0.500. The molecule has 1 atom stereocenters. The topological polar surface area (TPSA) is 70.2 Å². The van der Waals surface area contributed by atoms with Gasteiger partial charge in [0.1, 0.15) is 5.82 Å². The molecule has 124 valence electrons. The average Bonchev–Trinajstić information content (AvgIpc) is 3.33. The van der Waals surface area contributed by atoms with E-state index in [1.54, 1.807) is 17.8 Å². The smallest absolute Gasteiger partial charge is 0.309 e. The predicted octanol–water partition coefficient (Wildman–Crippen LogP) is 1.81. The highest BCUT2D eigenvalue weighted by atomic mass is 32.2. The highest BCUT2D eigenvalue weighted by Crippen LogP contribution is 2.46. The molecule has 2 aliphatic rings. The first kappa shape index (κ1) is 16.1. The molecule has 5 nitrogen and oxygen atoms in total. The molecule has 1 aromatic rings. The maximum atomic E-state index is 13.3. The Kier molecular flexibility index (Phi) is 4.48. The molecule has 7 heteroatoms. The summed E-state index contributed by atoms with van der Waals surface area (Å²) in [5, 5.41) is 8.56. The summed E-state index contributed by atoms with van der Waals surface area (Å²) >= 11 is 1.73. The van der Waals surface area contributed by atoms with Crippen molar-refractivity contribution in [2.45, 2.75) is 30.1 Å². The van der Waals surface area contributed by atoms with Crippen molar-refractivity contribution in [2.24, 2.45) is 0 Å². The lowest BCUT2D eigenvalue weighted by Gasteiger charge is -2.27. The fourth-order valence-electron chi connectivity index (χ4n) is 2.78. The van der Waals surface area contributed by atoms with Crippen molar-refractivity contribution in [3.63, 3.8) is 0 Å². The summed E-state index contributed by atoms with van der Waals surface area (Å²) in [6.07, 6.45) is 4.82. The van der Waals surface area contributed by atoms with Gasteiger partial charge >= 0.3 is 11.8 Å². The molecule has 23 heavy (non-hydrogen) atoms. The molecule has 3 N–H and O–H groups in total. The highest BCUT2D eigenvalue weighted by molar-refractivity contribution is 8.00. The zero-order chi connectivity index (χ0) is 16.4. The van der Waals surface area contributed by atoms with Crippen molar-refractivity contribution in [3.05, 3.63) is 29.6 Å². The molecule has 1 aromatic carbocycles. The number of rotatable bonds is 4. The van der Waals surface area contributed by atoms with E-state index in [0.29, 0.717) is 25.2 Å². The molecule has 1 fully saturated rings. The van der Waals surface area contributed by atoms with Crippen LogP contribution in [-0.2, 0) is 9.59 Å². The Labute approximate surface area is 138 Å². The molecule has 3 rings (SSSR count). The number of thioether (sulfide) groups is 1. The molecule has 0 aromatic heterocycles. The number of hydrogen-bond donors (Lipinski definition) is 3. The summed E-state index contributed by atoms with van der Waals surface area (Å²) in [7, 11) is 0. The Morgan fingerprint density at radius 1 is 1.39 bits per heavy atom. The monoisotopic (exact) mass is 337 g/mol. The molecular formula is C16H20FN3O2S. The van der Waals surface area contributed by atoms with Crippen molar-refractivity contribution in [1.82, 2.24) is 10.6 Å². The van der Waals surface area contributed by atoms with Crippen LogP contribution in [0.25, 0.3) is 0 Å². The number of anilines is 1. The molecule has 1 aliphatic carbocycles. The average molecular weight is 337 g/mol. The Hall–Kier alpha value is -1.76. The van der Waals surface area contributed by atoms with E-state index in [0.717, 1.165) is 18.4 Å². The predicted molar refractivity (Wildman–Crippen MR) is 88.9 cm³/mol. The Bertz CT molecular complexity index is 634. The van der Waals surface area contributed by atoms with Gasteiger partial charge in [-0.2, -0.15) is 11.8 Å². The number of nitrogens with one attached hydrogen (secondary N) is 3. The second kappa shape index (κ2) is 6.39. The second-order valence-corrected chi connectivity index (χ2v) is 7.32. The van der Waals surface area contributed by atoms with E-state index in [1.165, 1.54) is 12.1 Å². The van der Waals surface area contributed by atoms with Crippen LogP contribution in [-0.4, -0.2) is 35.9 Å². The van der Waals surface area contributed by atoms with Crippen molar-refractivity contribution in [1.29, 1.82) is 0 Å². The van der Waals surface area contributed by atoms with E-state index in [4.69, 9.17) is 0 Å². The largest absolute Gasteiger partial charge is 0.385 e. The summed E-state index contributed by atoms with van der Waals surface area (Å²) in [4.78, 5) is 24.1. The lowest BCUT2D eigenvalue weighted by molar-refractivity contribution is -0.139. The van der Waals surface area contributed by atoms with Crippen LogP contribution in [0.2, 0.25) is 0 Å². The molecule has 0 saturated heterocycles. The van der Waals surface area contributed by atoms with Crippen molar-refractivity contribution in [2.75, 3.05) is 24.7 Å². The van der Waals surface area contributed by atoms with Crippen LogP contribution < -0.4 is 16.0 Å². The number of carbonyl (C=O) groups is 2. The SMILES string of the molecule is CSC1(CNC(=O)C(=O)NC2CCNc3cc(F)ccc32)CC1. The first-order chi connectivity index (χ1) is 11.0. The molecular weight excluding hydrogens is 317 g/mol. The van der Waals surface area contributed by atoms with Crippen LogP contribution in [0.3, 0.4) is 0 Å². The molecule has 2 amide bonds. The molecule has 0 spiro atoms. The third kappa shape index (κ3) is 3.60. The number of carbonyl (C=O) groups excluding carboxylic acids is 2. The van der Waals surface area contributed by atoms with Gasteiger partial charge in [-0.1, -0.05) is 6.07 Å². The first-order valence-corrected chi connectivity index (χ1v) is 8.93. The van der Waals surface area contributed by atoms with E-state index in [1.807, 2.05) is 6.26 Å². The van der Waals surface area contributed by atoms with E-state index in [2.05, 4.69) is 16.0 Å². The summed E-state index contributed by atoms with van der Waals surface area (Å²) in [6.45, 7) is 1.15. The third-order valence-electron chi connectivity index (χ3n) is 4.46. The van der Waals surface area contributed by atoms with Gasteiger partial charge in [-0.3, -0.25) is 9.59 Å². The molecule has 1 heterocycles. The van der Waals surface area contributed by atoms with Crippen molar-refractivity contribution in [3.8, 4) is 0 Å². The minimum Gasteiger partial charge on any atom is -0.385 e. The maximum absolute atomic E-state index is 13.3. The number of fused-ring (bicyclic) bond motifs is 1. The maximum Gasteiger partial charge on any atom is 0.309 e. The molecule has 1 aliphatic heterocycles. The van der Waals surface area contributed by atoms with Gasteiger partial charge in [0, 0.05) is 23.5 Å². The highest BCUT2D eigenvalue weighted by Gasteiger charge is 2.42. The minimum absolute atomic E-state index is 0.120. The summed E-state index contributed by atoms with van der Waals surface area (Å²) in [5.41, 5.74) is 1.47. The third-order valence-corrected chi connectivity index (χ3v) is 5.88. The minimum atomic E-state index is -0.635. The fourth-order valence-corrected chi connectivity index (χ4v) is 3.51. The quantitative estimate of drug-likeness (QED) is 0.733. The standard InChI is InChI=1S/C16H20FN3O2S/c1-23-16(5-6-16)9-19-14(21)15(22)20-12-4-7-18-13-8-10(17)2-3-11(12)13/h2-3,8,12,18H,4-7,9H2,1H3,(H,19,21)(H,20,22). The van der Waals surface area contributed by atoms with Crippen molar-refractivity contribution < 1.29 is 14.0 Å². The van der Waals surface area contributed by atoms with Gasteiger partial charge in [0.2, 0.25) is 0 Å². The van der Waals surface area contributed by atoms with E-state index in [-0.39, 0.29) is 16.6 Å². The number of hydrogen-bond acceptors (Lipinski definition) is 4.